The number of allylic oxidation sites excluding steroid dienone is 1. The van der Waals surface area contributed by atoms with Crippen molar-refractivity contribution in [3.8, 4) is 0 Å². The maximum absolute atomic E-state index is 12.5. The first-order chi connectivity index (χ1) is 5.31. The Morgan fingerprint density at radius 1 is 1.36 bits per heavy atom. The highest BCUT2D eigenvalue weighted by molar-refractivity contribution is 4.90. The number of unbranched alkanes of at least 4 members (excludes halogenated alkanes) is 3. The van der Waals surface area contributed by atoms with Gasteiger partial charge in [-0.25, -0.2) is 4.39 Å². The van der Waals surface area contributed by atoms with E-state index in [1.165, 1.54) is 18.9 Å². The summed E-state index contributed by atoms with van der Waals surface area (Å²) in [6, 6.07) is 0. The lowest BCUT2D eigenvalue weighted by Gasteiger charge is -1.96. The van der Waals surface area contributed by atoms with Crippen LogP contribution in [0.15, 0.2) is 11.9 Å². The molecule has 0 saturated carbocycles. The number of rotatable bonds is 6. The monoisotopic (exact) mass is 160 g/mol. The molecular weight excluding hydrogens is 143 g/mol. The highest BCUT2D eigenvalue weighted by Crippen LogP contribution is 2.10. The molecule has 0 unspecified atom stereocenters. The van der Waals surface area contributed by atoms with Crippen molar-refractivity contribution in [1.82, 2.24) is 0 Å². The largest absolute Gasteiger partial charge is 0.392 e. The van der Waals surface area contributed by atoms with Gasteiger partial charge in [-0.3, -0.25) is 0 Å². The van der Waals surface area contributed by atoms with E-state index in [1.807, 2.05) is 0 Å². The van der Waals surface area contributed by atoms with Gasteiger partial charge in [-0.05, 0) is 18.9 Å². The van der Waals surface area contributed by atoms with Crippen molar-refractivity contribution in [2.75, 3.05) is 6.61 Å². The molecule has 0 aromatic carbocycles. The molecule has 66 valence electrons. The van der Waals surface area contributed by atoms with Crippen molar-refractivity contribution < 1.29 is 9.50 Å². The predicted molar refractivity (Wildman–Crippen MR) is 45.0 cm³/mol. The van der Waals surface area contributed by atoms with Crippen molar-refractivity contribution in [2.45, 2.75) is 39.0 Å². The summed E-state index contributed by atoms with van der Waals surface area (Å²) >= 11 is 0. The van der Waals surface area contributed by atoms with Crippen LogP contribution in [-0.2, 0) is 0 Å². The summed E-state index contributed by atoms with van der Waals surface area (Å²) in [4.78, 5) is 0. The van der Waals surface area contributed by atoms with Gasteiger partial charge >= 0.3 is 0 Å². The minimum atomic E-state index is -0.181. The van der Waals surface area contributed by atoms with Gasteiger partial charge in [-0.1, -0.05) is 26.2 Å². The number of halogens is 1. The summed E-state index contributed by atoms with van der Waals surface area (Å²) in [6.45, 7) is 1.94. The molecule has 0 spiro atoms. The molecule has 0 bridgehead atoms. The second-order valence-electron chi connectivity index (χ2n) is 2.64. The predicted octanol–water partition coefficient (Wildman–Crippen LogP) is 2.80. The van der Waals surface area contributed by atoms with E-state index < -0.39 is 0 Å². The molecule has 0 aromatic rings. The molecule has 2 heteroatoms. The molecule has 0 aliphatic rings. The van der Waals surface area contributed by atoms with Gasteiger partial charge in [0.15, 0.2) is 0 Å². The lowest BCUT2D eigenvalue weighted by molar-refractivity contribution is 0.337. The van der Waals surface area contributed by atoms with Crippen LogP contribution in [0.5, 0.6) is 0 Å². The smallest absolute Gasteiger partial charge is 0.0982 e. The Balaban J connectivity index is 3.17. The van der Waals surface area contributed by atoms with Crippen LogP contribution in [0.4, 0.5) is 4.39 Å². The van der Waals surface area contributed by atoms with Gasteiger partial charge in [-0.2, -0.15) is 0 Å². The summed E-state index contributed by atoms with van der Waals surface area (Å²) in [5.74, 6) is -0.177. The van der Waals surface area contributed by atoms with E-state index in [0.29, 0.717) is 6.42 Å². The van der Waals surface area contributed by atoms with E-state index in [0.717, 1.165) is 12.8 Å². The number of hydrogen-bond donors (Lipinski definition) is 1. The molecule has 0 aliphatic carbocycles. The van der Waals surface area contributed by atoms with E-state index in [4.69, 9.17) is 5.11 Å². The molecule has 0 radical (unpaired) electrons. The zero-order valence-electron chi connectivity index (χ0n) is 7.15. The van der Waals surface area contributed by atoms with Gasteiger partial charge in [0, 0.05) is 0 Å². The Hall–Kier alpha value is -0.370. The van der Waals surface area contributed by atoms with E-state index in [1.54, 1.807) is 0 Å². The van der Waals surface area contributed by atoms with Gasteiger partial charge in [0.05, 0.1) is 12.4 Å². The van der Waals surface area contributed by atoms with Gasteiger partial charge in [0.2, 0.25) is 0 Å². The highest BCUT2D eigenvalue weighted by Gasteiger charge is 1.93. The van der Waals surface area contributed by atoms with Crippen LogP contribution in [-0.4, -0.2) is 11.7 Å². The molecular formula is C9H17FO. The fourth-order valence-corrected chi connectivity index (χ4v) is 0.922. The first-order valence-electron chi connectivity index (χ1n) is 4.26. The zero-order chi connectivity index (χ0) is 8.53. The van der Waals surface area contributed by atoms with Crippen LogP contribution < -0.4 is 0 Å². The number of aliphatic hydroxyl groups is 1. The van der Waals surface area contributed by atoms with Crippen LogP contribution in [0, 0.1) is 0 Å². The van der Waals surface area contributed by atoms with E-state index in [2.05, 4.69) is 6.92 Å². The molecule has 0 rings (SSSR count). The van der Waals surface area contributed by atoms with Crippen LogP contribution >= 0.6 is 0 Å². The fraction of sp³-hybridized carbons (Fsp3) is 0.778. The third kappa shape index (κ3) is 7.53. The maximum atomic E-state index is 12.5. The van der Waals surface area contributed by atoms with Crippen molar-refractivity contribution in [2.24, 2.45) is 0 Å². The molecule has 0 aliphatic heterocycles. The minimum Gasteiger partial charge on any atom is -0.392 e. The number of aliphatic hydroxyl groups excluding tert-OH is 1. The maximum Gasteiger partial charge on any atom is 0.0982 e. The van der Waals surface area contributed by atoms with Crippen molar-refractivity contribution >= 4 is 0 Å². The Morgan fingerprint density at radius 2 is 2.09 bits per heavy atom. The normalized spacial score (nSPS) is 12.1. The summed E-state index contributed by atoms with van der Waals surface area (Å²) in [6.07, 6.45) is 6.05. The average molecular weight is 160 g/mol. The van der Waals surface area contributed by atoms with E-state index in [-0.39, 0.29) is 12.4 Å². The molecule has 1 N–H and O–H groups in total. The molecule has 0 aromatic heterocycles. The Bertz CT molecular complexity index is 110. The van der Waals surface area contributed by atoms with Crippen molar-refractivity contribution in [3.05, 3.63) is 11.9 Å². The zero-order valence-corrected chi connectivity index (χ0v) is 7.15. The van der Waals surface area contributed by atoms with Crippen LogP contribution in [0.2, 0.25) is 0 Å². The first-order valence-corrected chi connectivity index (χ1v) is 4.26. The van der Waals surface area contributed by atoms with Gasteiger partial charge in [0.1, 0.15) is 0 Å². The SMILES string of the molecule is CCCCCCC(F)=CCO. The van der Waals surface area contributed by atoms with Crippen LogP contribution in [0.3, 0.4) is 0 Å². The van der Waals surface area contributed by atoms with Crippen LogP contribution in [0.25, 0.3) is 0 Å². The topological polar surface area (TPSA) is 20.2 Å². The minimum absolute atomic E-state index is 0.177. The van der Waals surface area contributed by atoms with Gasteiger partial charge in [0.25, 0.3) is 0 Å². The Kier molecular flexibility index (Phi) is 7.47. The van der Waals surface area contributed by atoms with Gasteiger partial charge < -0.3 is 5.11 Å². The molecule has 11 heavy (non-hydrogen) atoms. The fourth-order valence-electron chi connectivity index (χ4n) is 0.922. The number of hydrogen-bond acceptors (Lipinski definition) is 1. The summed E-state index contributed by atoms with van der Waals surface area (Å²) in [5, 5.41) is 8.32. The highest BCUT2D eigenvalue weighted by atomic mass is 19.1. The summed E-state index contributed by atoms with van der Waals surface area (Å²) < 4.78 is 12.5. The Labute approximate surface area is 67.9 Å². The third-order valence-corrected chi connectivity index (χ3v) is 1.58. The molecule has 0 fully saturated rings. The molecule has 1 nitrogen and oxygen atoms in total. The average Bonchev–Trinajstić information content (AvgIpc) is 1.99. The Morgan fingerprint density at radius 3 is 2.64 bits per heavy atom. The summed E-state index contributed by atoms with van der Waals surface area (Å²) in [5.41, 5.74) is 0. The lowest BCUT2D eigenvalue weighted by atomic mass is 10.1. The van der Waals surface area contributed by atoms with Crippen LogP contribution in [0.1, 0.15) is 39.0 Å². The quantitative estimate of drug-likeness (QED) is 0.592. The molecule has 0 amide bonds. The molecule has 0 atom stereocenters. The van der Waals surface area contributed by atoms with Crippen molar-refractivity contribution in [3.63, 3.8) is 0 Å². The third-order valence-electron chi connectivity index (χ3n) is 1.58. The van der Waals surface area contributed by atoms with E-state index >= 15 is 0 Å². The first kappa shape index (κ1) is 10.6. The van der Waals surface area contributed by atoms with E-state index in [9.17, 15) is 4.39 Å². The molecule has 0 saturated heterocycles. The molecule has 0 heterocycles. The van der Waals surface area contributed by atoms with Crippen molar-refractivity contribution in [1.29, 1.82) is 0 Å². The summed E-state index contributed by atoms with van der Waals surface area (Å²) in [7, 11) is 0. The van der Waals surface area contributed by atoms with Gasteiger partial charge in [-0.15, -0.1) is 0 Å². The lowest BCUT2D eigenvalue weighted by Crippen LogP contribution is -1.81. The standard InChI is InChI=1S/C9H17FO/c1-2-3-4-5-6-9(10)7-8-11/h7,11H,2-6,8H2,1H3. The second kappa shape index (κ2) is 7.73. The second-order valence-corrected chi connectivity index (χ2v) is 2.64.